The molecule has 1 rings (SSSR count). The number of thiocarbonyl (C=S) groups is 1. The molecule has 0 N–H and O–H groups in total. The van der Waals surface area contributed by atoms with Crippen molar-refractivity contribution >= 4 is 17.4 Å². The highest BCUT2D eigenvalue weighted by atomic mass is 32.1. The van der Waals surface area contributed by atoms with Crippen LogP contribution in [-0.4, -0.2) is 11.7 Å². The molecule has 0 atom stereocenters. The van der Waals surface area contributed by atoms with Gasteiger partial charge in [-0.25, -0.2) is 9.56 Å². The molecule has 3 heteroatoms. The van der Waals surface area contributed by atoms with E-state index >= 15 is 0 Å². The van der Waals surface area contributed by atoms with Gasteiger partial charge in [0.25, 0.3) is 0 Å². The zero-order chi connectivity index (χ0) is 7.94. The molecular formula is C8H9N2S+. The SMILES string of the molecule is S=C=NCC[n+]1ccccc1. The van der Waals surface area contributed by atoms with E-state index in [1.165, 1.54) is 0 Å². The molecule has 0 spiro atoms. The highest BCUT2D eigenvalue weighted by Gasteiger charge is 1.93. The normalized spacial score (nSPS) is 8.73. The molecule has 1 heterocycles. The van der Waals surface area contributed by atoms with Crippen LogP contribution in [0.15, 0.2) is 35.6 Å². The fourth-order valence-electron chi connectivity index (χ4n) is 0.795. The van der Waals surface area contributed by atoms with Gasteiger partial charge in [-0.15, -0.1) is 0 Å². The minimum absolute atomic E-state index is 0.707. The average molecular weight is 165 g/mol. The molecule has 0 aliphatic heterocycles. The topological polar surface area (TPSA) is 16.2 Å². The number of nitrogens with zero attached hydrogens (tertiary/aromatic N) is 2. The summed E-state index contributed by atoms with van der Waals surface area (Å²) in [6, 6.07) is 5.96. The Balaban J connectivity index is 2.45. The number of aromatic nitrogens is 1. The van der Waals surface area contributed by atoms with Crippen LogP contribution < -0.4 is 4.57 Å². The van der Waals surface area contributed by atoms with E-state index in [2.05, 4.69) is 26.9 Å². The van der Waals surface area contributed by atoms with Crippen LogP contribution in [0.5, 0.6) is 0 Å². The van der Waals surface area contributed by atoms with E-state index in [1.54, 1.807) is 0 Å². The smallest absolute Gasteiger partial charge is 0.168 e. The molecule has 0 saturated carbocycles. The van der Waals surface area contributed by atoms with Gasteiger partial charge in [0.2, 0.25) is 0 Å². The van der Waals surface area contributed by atoms with Crippen molar-refractivity contribution in [3.63, 3.8) is 0 Å². The second kappa shape index (κ2) is 4.72. The van der Waals surface area contributed by atoms with Crippen LogP contribution in [0.1, 0.15) is 0 Å². The van der Waals surface area contributed by atoms with Crippen molar-refractivity contribution in [1.82, 2.24) is 0 Å². The Bertz CT molecular complexity index is 252. The average Bonchev–Trinajstić information content (AvgIpc) is 2.07. The van der Waals surface area contributed by atoms with Crippen molar-refractivity contribution in [3.05, 3.63) is 30.6 Å². The summed E-state index contributed by atoms with van der Waals surface area (Å²) in [6.45, 7) is 1.57. The first-order valence-corrected chi connectivity index (χ1v) is 3.82. The maximum atomic E-state index is 4.44. The van der Waals surface area contributed by atoms with Gasteiger partial charge >= 0.3 is 0 Å². The summed E-state index contributed by atoms with van der Waals surface area (Å²) in [5.74, 6) is 0. The third-order valence-corrected chi connectivity index (χ3v) is 1.44. The van der Waals surface area contributed by atoms with Gasteiger partial charge in [0, 0.05) is 12.1 Å². The first-order chi connectivity index (χ1) is 5.43. The second-order valence-electron chi connectivity index (χ2n) is 2.09. The van der Waals surface area contributed by atoms with Gasteiger partial charge in [0.15, 0.2) is 18.9 Å². The summed E-state index contributed by atoms with van der Waals surface area (Å²) in [6.07, 6.45) is 4.00. The van der Waals surface area contributed by atoms with Crippen molar-refractivity contribution < 1.29 is 4.57 Å². The number of rotatable bonds is 3. The van der Waals surface area contributed by atoms with Gasteiger partial charge < -0.3 is 0 Å². The van der Waals surface area contributed by atoms with Crippen LogP contribution >= 0.6 is 12.2 Å². The van der Waals surface area contributed by atoms with Crippen LogP contribution in [-0.2, 0) is 6.54 Å². The van der Waals surface area contributed by atoms with Gasteiger partial charge in [-0.3, -0.25) is 0 Å². The predicted molar refractivity (Wildman–Crippen MR) is 46.5 cm³/mol. The summed E-state index contributed by atoms with van der Waals surface area (Å²) in [4.78, 5) is 3.81. The Hall–Kier alpha value is -1.05. The predicted octanol–water partition coefficient (Wildman–Crippen LogP) is 1.08. The maximum absolute atomic E-state index is 4.44. The zero-order valence-electron chi connectivity index (χ0n) is 6.10. The lowest BCUT2D eigenvalue weighted by molar-refractivity contribution is -0.694. The molecule has 0 aliphatic carbocycles. The molecular weight excluding hydrogens is 156 g/mol. The van der Waals surface area contributed by atoms with E-state index in [-0.39, 0.29) is 0 Å². The third kappa shape index (κ3) is 3.03. The molecule has 2 nitrogen and oxygen atoms in total. The van der Waals surface area contributed by atoms with Crippen LogP contribution in [0.25, 0.3) is 0 Å². The van der Waals surface area contributed by atoms with Gasteiger partial charge in [-0.1, -0.05) is 6.07 Å². The largest absolute Gasteiger partial charge is 0.226 e. The quantitative estimate of drug-likeness (QED) is 0.372. The van der Waals surface area contributed by atoms with Crippen LogP contribution in [0.2, 0.25) is 0 Å². The monoisotopic (exact) mass is 165 g/mol. The Morgan fingerprint density at radius 2 is 2.00 bits per heavy atom. The van der Waals surface area contributed by atoms with E-state index in [1.807, 2.05) is 30.6 Å². The van der Waals surface area contributed by atoms with Crippen molar-refractivity contribution in [2.75, 3.05) is 6.54 Å². The molecule has 56 valence electrons. The standard InChI is InChI=1S/C8H9N2S/c11-8-9-4-7-10-5-2-1-3-6-10/h1-3,5-6H,4,7H2/q+1. The van der Waals surface area contributed by atoms with Gasteiger partial charge in [-0.05, 0) is 12.2 Å². The van der Waals surface area contributed by atoms with Gasteiger partial charge in [-0.2, -0.15) is 0 Å². The molecule has 11 heavy (non-hydrogen) atoms. The summed E-state index contributed by atoms with van der Waals surface area (Å²) >= 11 is 4.44. The van der Waals surface area contributed by atoms with Gasteiger partial charge in [0.05, 0.1) is 5.16 Å². The molecule has 0 bridgehead atoms. The zero-order valence-corrected chi connectivity index (χ0v) is 6.92. The van der Waals surface area contributed by atoms with E-state index in [0.717, 1.165) is 6.54 Å². The third-order valence-electron chi connectivity index (χ3n) is 1.31. The number of isothiocyanates is 1. The Morgan fingerprint density at radius 3 is 2.64 bits per heavy atom. The maximum Gasteiger partial charge on any atom is 0.168 e. The number of pyridine rings is 1. The van der Waals surface area contributed by atoms with E-state index < -0.39 is 0 Å². The lowest BCUT2D eigenvalue weighted by Gasteiger charge is -1.89. The fourth-order valence-corrected chi connectivity index (χ4v) is 0.886. The van der Waals surface area contributed by atoms with Crippen LogP contribution in [0, 0.1) is 0 Å². The van der Waals surface area contributed by atoms with Crippen LogP contribution in [0.3, 0.4) is 0 Å². The van der Waals surface area contributed by atoms with Crippen molar-refractivity contribution in [3.8, 4) is 0 Å². The second-order valence-corrected chi connectivity index (χ2v) is 2.27. The molecule has 0 amide bonds. The minimum atomic E-state index is 0.707. The molecule has 0 aromatic carbocycles. The summed E-state index contributed by atoms with van der Waals surface area (Å²) in [5, 5.41) is 2.33. The van der Waals surface area contributed by atoms with Crippen LogP contribution in [0.4, 0.5) is 0 Å². The first kappa shape index (κ1) is 8.05. The van der Waals surface area contributed by atoms with Gasteiger partial charge in [0.1, 0.15) is 6.54 Å². The molecule has 0 aliphatic rings. The first-order valence-electron chi connectivity index (χ1n) is 3.41. The molecule has 0 saturated heterocycles. The summed E-state index contributed by atoms with van der Waals surface area (Å²) in [5.41, 5.74) is 0. The van der Waals surface area contributed by atoms with Crippen molar-refractivity contribution in [2.24, 2.45) is 4.99 Å². The Kier molecular flexibility index (Phi) is 3.45. The highest BCUT2D eigenvalue weighted by Crippen LogP contribution is 1.76. The molecule has 0 fully saturated rings. The van der Waals surface area contributed by atoms with E-state index in [9.17, 15) is 0 Å². The number of hydrogen-bond acceptors (Lipinski definition) is 2. The van der Waals surface area contributed by atoms with Crippen molar-refractivity contribution in [1.29, 1.82) is 0 Å². The molecule has 1 aromatic heterocycles. The molecule has 1 aromatic rings. The Labute approximate surface area is 71.2 Å². The van der Waals surface area contributed by atoms with Crippen molar-refractivity contribution in [2.45, 2.75) is 6.54 Å². The fraction of sp³-hybridized carbons (Fsp3) is 0.250. The lowest BCUT2D eigenvalue weighted by Crippen LogP contribution is -2.33. The van der Waals surface area contributed by atoms with E-state index in [4.69, 9.17) is 0 Å². The lowest BCUT2D eigenvalue weighted by atomic mass is 10.5. The Morgan fingerprint density at radius 1 is 1.27 bits per heavy atom. The molecule has 0 unspecified atom stereocenters. The van der Waals surface area contributed by atoms with E-state index in [0.29, 0.717) is 6.54 Å². The summed E-state index contributed by atoms with van der Waals surface area (Å²) < 4.78 is 2.05. The highest BCUT2D eigenvalue weighted by molar-refractivity contribution is 7.78. The molecule has 0 radical (unpaired) electrons. The number of hydrogen-bond donors (Lipinski definition) is 0. The summed E-state index contributed by atoms with van der Waals surface area (Å²) in [7, 11) is 0. The minimum Gasteiger partial charge on any atom is -0.226 e. The number of aliphatic imine (C=N–C) groups is 1.